The largest absolute Gasteiger partial charge is 0.481 e. The highest BCUT2D eigenvalue weighted by Crippen LogP contribution is 2.11. The Kier molecular flexibility index (Phi) is 13.8. The summed E-state index contributed by atoms with van der Waals surface area (Å²) in [4.78, 5) is 12.4. The van der Waals surface area contributed by atoms with Crippen LogP contribution < -0.4 is 0 Å². The van der Waals surface area contributed by atoms with E-state index in [1.807, 2.05) is 25.9 Å². The van der Waals surface area contributed by atoms with Crippen LogP contribution in [0.1, 0.15) is 39.5 Å². The highest BCUT2D eigenvalue weighted by atomic mass is 16.4. The number of carboxylic acid groups (broad SMARTS) is 1. The maximum absolute atomic E-state index is 10.4. The summed E-state index contributed by atoms with van der Waals surface area (Å²) in [7, 11) is 3.85. The van der Waals surface area contributed by atoms with E-state index in [9.17, 15) is 4.79 Å². The Bertz CT molecular complexity index is 160. The molecule has 0 spiro atoms. The quantitative estimate of drug-likeness (QED) is 0.704. The molecule has 4 nitrogen and oxygen atoms in total. The highest BCUT2D eigenvalue weighted by Gasteiger charge is 2.12. The van der Waals surface area contributed by atoms with E-state index in [2.05, 4.69) is 6.92 Å². The molecule has 98 valence electrons. The fourth-order valence-corrected chi connectivity index (χ4v) is 1.15. The zero-order valence-electron chi connectivity index (χ0n) is 11.1. The molecule has 2 N–H and O–H groups in total. The number of unbranched alkanes of at least 4 members (excludes halogenated alkanes) is 1. The van der Waals surface area contributed by atoms with Gasteiger partial charge in [0.2, 0.25) is 0 Å². The lowest BCUT2D eigenvalue weighted by Gasteiger charge is -2.06. The second kappa shape index (κ2) is 12.5. The summed E-state index contributed by atoms with van der Waals surface area (Å²) in [5.41, 5.74) is 0. The molecule has 0 aromatic heterocycles. The number of aliphatic hydroxyl groups excluding tert-OH is 1. The molecule has 0 amide bonds. The van der Waals surface area contributed by atoms with E-state index in [1.165, 1.54) is 0 Å². The van der Waals surface area contributed by atoms with Gasteiger partial charge in [0.15, 0.2) is 0 Å². The Labute approximate surface area is 99.3 Å². The smallest absolute Gasteiger partial charge is 0.306 e. The third kappa shape index (κ3) is 13.4. The van der Waals surface area contributed by atoms with Gasteiger partial charge >= 0.3 is 5.97 Å². The topological polar surface area (TPSA) is 60.8 Å². The fraction of sp³-hybridized carbons (Fsp3) is 0.917. The van der Waals surface area contributed by atoms with Gasteiger partial charge in [0, 0.05) is 6.54 Å². The summed E-state index contributed by atoms with van der Waals surface area (Å²) in [6.45, 7) is 5.02. The van der Waals surface area contributed by atoms with E-state index in [4.69, 9.17) is 10.2 Å². The molecule has 0 radical (unpaired) electrons. The van der Waals surface area contributed by atoms with E-state index in [1.54, 1.807) is 0 Å². The number of hydrogen-bond donors (Lipinski definition) is 2. The van der Waals surface area contributed by atoms with Crippen LogP contribution in [0.2, 0.25) is 0 Å². The van der Waals surface area contributed by atoms with Crippen molar-refractivity contribution in [3.05, 3.63) is 0 Å². The van der Waals surface area contributed by atoms with E-state index in [0.29, 0.717) is 0 Å². The third-order valence-corrected chi connectivity index (χ3v) is 2.30. The van der Waals surface area contributed by atoms with Gasteiger partial charge in [0.05, 0.1) is 12.5 Å². The van der Waals surface area contributed by atoms with Crippen LogP contribution in [0, 0.1) is 5.92 Å². The minimum atomic E-state index is -0.643. The number of aliphatic carboxylic acids is 1. The van der Waals surface area contributed by atoms with Crippen molar-refractivity contribution in [2.24, 2.45) is 5.92 Å². The molecule has 0 heterocycles. The minimum absolute atomic E-state index is 0.111. The SMILES string of the molecule is CCCCC(CC)C(=O)O.CN(C)CCO. The molecule has 0 aromatic carbocycles. The van der Waals surface area contributed by atoms with Gasteiger partial charge in [-0.05, 0) is 26.9 Å². The molecule has 0 aliphatic carbocycles. The first kappa shape index (κ1) is 17.8. The number of rotatable bonds is 7. The standard InChI is InChI=1S/C8H16O2.C4H11NO/c1-3-5-6-7(4-2)8(9)10;1-5(2)3-4-6/h7H,3-6H2,1-2H3,(H,9,10);6H,3-4H2,1-2H3. The zero-order valence-corrected chi connectivity index (χ0v) is 11.1. The monoisotopic (exact) mass is 233 g/mol. The van der Waals surface area contributed by atoms with Crippen molar-refractivity contribution >= 4 is 5.97 Å². The average Bonchev–Trinajstić information content (AvgIpc) is 2.19. The molecule has 1 atom stereocenters. The number of aliphatic hydroxyl groups is 1. The highest BCUT2D eigenvalue weighted by molar-refractivity contribution is 5.69. The lowest BCUT2D eigenvalue weighted by molar-refractivity contribution is -0.142. The predicted molar refractivity (Wildman–Crippen MR) is 66.6 cm³/mol. The van der Waals surface area contributed by atoms with Crippen LogP contribution in [-0.4, -0.2) is 48.3 Å². The first-order valence-electron chi connectivity index (χ1n) is 5.97. The molecule has 1 unspecified atom stereocenters. The van der Waals surface area contributed by atoms with Crippen LogP contribution in [-0.2, 0) is 4.79 Å². The van der Waals surface area contributed by atoms with Crippen molar-refractivity contribution in [3.8, 4) is 0 Å². The molecule has 0 aliphatic rings. The molecule has 16 heavy (non-hydrogen) atoms. The van der Waals surface area contributed by atoms with Gasteiger partial charge in [-0.3, -0.25) is 4.79 Å². The molecule has 0 fully saturated rings. The van der Waals surface area contributed by atoms with E-state index < -0.39 is 5.97 Å². The van der Waals surface area contributed by atoms with Gasteiger partial charge in [0.1, 0.15) is 0 Å². The predicted octanol–water partition coefficient (Wildman–Crippen LogP) is 1.83. The zero-order chi connectivity index (χ0) is 13.0. The molecule has 4 heteroatoms. The van der Waals surface area contributed by atoms with E-state index in [0.717, 1.165) is 32.2 Å². The van der Waals surface area contributed by atoms with Crippen LogP contribution in [0.5, 0.6) is 0 Å². The summed E-state index contributed by atoms with van der Waals surface area (Å²) >= 11 is 0. The summed E-state index contributed by atoms with van der Waals surface area (Å²) < 4.78 is 0. The molecule has 0 aliphatic heterocycles. The Hall–Kier alpha value is -0.610. The second-order valence-electron chi connectivity index (χ2n) is 4.11. The number of hydrogen-bond acceptors (Lipinski definition) is 3. The fourth-order valence-electron chi connectivity index (χ4n) is 1.15. The third-order valence-electron chi connectivity index (χ3n) is 2.30. The van der Waals surface area contributed by atoms with Crippen molar-refractivity contribution in [2.45, 2.75) is 39.5 Å². The Morgan fingerprint density at radius 2 is 1.88 bits per heavy atom. The summed E-state index contributed by atoms with van der Waals surface area (Å²) in [5, 5.41) is 16.8. The van der Waals surface area contributed by atoms with Crippen LogP contribution in [0.25, 0.3) is 0 Å². The average molecular weight is 233 g/mol. The molecule has 0 aromatic rings. The van der Waals surface area contributed by atoms with Gasteiger partial charge in [-0.15, -0.1) is 0 Å². The molecule has 0 saturated heterocycles. The van der Waals surface area contributed by atoms with Crippen molar-refractivity contribution in [1.29, 1.82) is 0 Å². The van der Waals surface area contributed by atoms with Crippen molar-refractivity contribution in [3.63, 3.8) is 0 Å². The van der Waals surface area contributed by atoms with Gasteiger partial charge in [-0.25, -0.2) is 0 Å². The lowest BCUT2D eigenvalue weighted by Crippen LogP contribution is -2.15. The van der Waals surface area contributed by atoms with Gasteiger partial charge in [0.25, 0.3) is 0 Å². The molecular weight excluding hydrogens is 206 g/mol. The normalized spacial score (nSPS) is 11.9. The van der Waals surface area contributed by atoms with Crippen LogP contribution in [0.4, 0.5) is 0 Å². The molecule has 0 rings (SSSR count). The summed E-state index contributed by atoms with van der Waals surface area (Å²) in [5.74, 6) is -0.754. The van der Waals surface area contributed by atoms with Crippen molar-refractivity contribution in [1.82, 2.24) is 4.90 Å². The second-order valence-corrected chi connectivity index (χ2v) is 4.11. The van der Waals surface area contributed by atoms with Crippen LogP contribution in [0.3, 0.4) is 0 Å². The maximum Gasteiger partial charge on any atom is 0.306 e. The molecule has 0 bridgehead atoms. The first-order chi connectivity index (χ1) is 7.49. The Morgan fingerprint density at radius 1 is 1.31 bits per heavy atom. The molecular formula is C12H27NO3. The number of likely N-dealkylation sites (N-methyl/N-ethyl adjacent to an activating group) is 1. The Morgan fingerprint density at radius 3 is 2.06 bits per heavy atom. The van der Waals surface area contributed by atoms with Gasteiger partial charge in [-0.2, -0.15) is 0 Å². The van der Waals surface area contributed by atoms with E-state index >= 15 is 0 Å². The maximum atomic E-state index is 10.4. The molecule has 0 saturated carbocycles. The van der Waals surface area contributed by atoms with Gasteiger partial charge < -0.3 is 15.1 Å². The lowest BCUT2D eigenvalue weighted by atomic mass is 10.00. The van der Waals surface area contributed by atoms with Crippen LogP contribution in [0.15, 0.2) is 0 Å². The number of carboxylic acids is 1. The summed E-state index contributed by atoms with van der Waals surface area (Å²) in [6, 6.07) is 0. The van der Waals surface area contributed by atoms with Crippen molar-refractivity contribution < 1.29 is 15.0 Å². The number of carbonyl (C=O) groups is 1. The van der Waals surface area contributed by atoms with Crippen LogP contribution >= 0.6 is 0 Å². The first-order valence-corrected chi connectivity index (χ1v) is 5.97. The van der Waals surface area contributed by atoms with E-state index in [-0.39, 0.29) is 12.5 Å². The van der Waals surface area contributed by atoms with Gasteiger partial charge in [-0.1, -0.05) is 26.7 Å². The minimum Gasteiger partial charge on any atom is -0.481 e. The number of nitrogens with zero attached hydrogens (tertiary/aromatic N) is 1. The van der Waals surface area contributed by atoms with Crippen molar-refractivity contribution in [2.75, 3.05) is 27.2 Å². The summed E-state index contributed by atoms with van der Waals surface area (Å²) in [6.07, 6.45) is 3.71. The Balaban J connectivity index is 0.